The van der Waals surface area contributed by atoms with Crippen LogP contribution >= 0.6 is 0 Å². The molecule has 1 aromatic carbocycles. The van der Waals surface area contributed by atoms with Gasteiger partial charge in [0.05, 0.1) is 11.9 Å². The minimum atomic E-state index is -0.899. The number of nitrogens with one attached hydrogen (secondary N) is 2. The molecule has 0 saturated carbocycles. The Kier molecular flexibility index (Phi) is 5.44. The van der Waals surface area contributed by atoms with E-state index in [9.17, 15) is 10.4 Å². The molecule has 2 aromatic heterocycles. The molecule has 1 atom stereocenters. The number of pyridine rings is 1. The number of nitriles is 1. The molecule has 1 unspecified atom stereocenters. The normalized spacial score (nSPS) is 19.5. The van der Waals surface area contributed by atoms with Gasteiger partial charge in [0.15, 0.2) is 5.82 Å². The van der Waals surface area contributed by atoms with Crippen LogP contribution in [0.25, 0.3) is 0 Å². The van der Waals surface area contributed by atoms with Gasteiger partial charge in [0.25, 0.3) is 0 Å². The summed E-state index contributed by atoms with van der Waals surface area (Å²) in [6.45, 7) is 3.95. The van der Waals surface area contributed by atoms with Crippen LogP contribution in [0.5, 0.6) is 0 Å². The number of anilines is 4. The predicted molar refractivity (Wildman–Crippen MR) is 127 cm³/mol. The van der Waals surface area contributed by atoms with Crippen molar-refractivity contribution in [2.24, 2.45) is 0 Å². The molecule has 5 rings (SSSR count). The van der Waals surface area contributed by atoms with E-state index in [0.29, 0.717) is 41.7 Å². The molecule has 3 aromatic rings. The molecule has 0 spiro atoms. The molecule has 168 valence electrons. The number of rotatable bonds is 5. The molecule has 3 heterocycles. The van der Waals surface area contributed by atoms with Crippen molar-refractivity contribution in [1.29, 1.82) is 5.26 Å². The second-order valence-electron chi connectivity index (χ2n) is 8.88. The van der Waals surface area contributed by atoms with E-state index in [1.807, 2.05) is 25.1 Å². The maximum absolute atomic E-state index is 10.9. The highest BCUT2D eigenvalue weighted by Crippen LogP contribution is 2.38. The Morgan fingerprint density at radius 1 is 1.12 bits per heavy atom. The van der Waals surface area contributed by atoms with Crippen LogP contribution in [0.2, 0.25) is 0 Å². The number of aliphatic hydroxyl groups is 1. The summed E-state index contributed by atoms with van der Waals surface area (Å²) in [4.78, 5) is 15.8. The molecule has 3 N–H and O–H groups in total. The topological polar surface area (TPSA) is 110 Å². The minimum Gasteiger partial charge on any atom is -0.384 e. The van der Waals surface area contributed by atoms with Crippen molar-refractivity contribution in [3.05, 3.63) is 64.5 Å². The van der Waals surface area contributed by atoms with Gasteiger partial charge in [-0.1, -0.05) is 19.1 Å². The lowest BCUT2D eigenvalue weighted by Gasteiger charge is -2.25. The zero-order valence-corrected chi connectivity index (χ0v) is 18.9. The summed E-state index contributed by atoms with van der Waals surface area (Å²) in [5, 5.41) is 26.8. The largest absolute Gasteiger partial charge is 0.384 e. The minimum absolute atomic E-state index is 0.320. The fraction of sp³-hybridized carbons (Fsp3) is 0.360. The van der Waals surface area contributed by atoms with Crippen LogP contribution in [0.15, 0.2) is 36.5 Å². The van der Waals surface area contributed by atoms with Crippen molar-refractivity contribution < 1.29 is 5.11 Å². The third-order valence-electron chi connectivity index (χ3n) is 6.63. The standard InChI is InChI=1S/C25H27N7O/c1-3-25(33)10-8-17-5-7-21(29-22(17)25)30-23-19(13-26)14-27-24(31-23)28-20-6-4-16-9-11-32(2)15-18(16)12-20/h4-7,12,14,33H,3,8-11,15H2,1-2H3,(H2,27,28,29,30,31). The Hall–Kier alpha value is -3.54. The Morgan fingerprint density at radius 2 is 1.97 bits per heavy atom. The smallest absolute Gasteiger partial charge is 0.229 e. The summed E-state index contributed by atoms with van der Waals surface area (Å²) in [6.07, 6.45) is 4.65. The van der Waals surface area contributed by atoms with Gasteiger partial charge in [-0.15, -0.1) is 0 Å². The molecular weight excluding hydrogens is 414 g/mol. The summed E-state index contributed by atoms with van der Waals surface area (Å²) in [6, 6.07) is 12.3. The van der Waals surface area contributed by atoms with Gasteiger partial charge in [-0.05, 0) is 67.6 Å². The maximum atomic E-state index is 10.9. The molecule has 1 aliphatic carbocycles. The maximum Gasteiger partial charge on any atom is 0.229 e. The fourth-order valence-corrected chi connectivity index (χ4v) is 4.61. The molecule has 0 saturated heterocycles. The van der Waals surface area contributed by atoms with E-state index in [-0.39, 0.29) is 0 Å². The first kappa shape index (κ1) is 21.3. The molecular formula is C25H27N7O. The van der Waals surface area contributed by atoms with Crippen molar-refractivity contribution >= 4 is 23.3 Å². The highest BCUT2D eigenvalue weighted by atomic mass is 16.3. The molecule has 1 aliphatic heterocycles. The number of nitrogens with zero attached hydrogens (tertiary/aromatic N) is 5. The molecule has 2 aliphatic rings. The summed E-state index contributed by atoms with van der Waals surface area (Å²) >= 11 is 0. The van der Waals surface area contributed by atoms with Crippen LogP contribution in [0, 0.1) is 11.3 Å². The van der Waals surface area contributed by atoms with E-state index < -0.39 is 5.60 Å². The Labute approximate surface area is 193 Å². The zero-order valence-electron chi connectivity index (χ0n) is 18.9. The SMILES string of the molecule is CCC1(O)CCc2ccc(Nc3nc(Nc4ccc5c(c4)CN(C)CC5)ncc3C#N)nc21. The molecule has 0 radical (unpaired) electrons. The molecule has 33 heavy (non-hydrogen) atoms. The van der Waals surface area contributed by atoms with E-state index in [1.54, 1.807) is 0 Å². The van der Waals surface area contributed by atoms with Crippen molar-refractivity contribution in [1.82, 2.24) is 19.9 Å². The molecule has 0 amide bonds. The van der Waals surface area contributed by atoms with Crippen molar-refractivity contribution in [3.8, 4) is 6.07 Å². The highest BCUT2D eigenvalue weighted by Gasteiger charge is 2.36. The van der Waals surface area contributed by atoms with E-state index >= 15 is 0 Å². The second-order valence-corrected chi connectivity index (χ2v) is 8.88. The quantitative estimate of drug-likeness (QED) is 0.549. The lowest BCUT2D eigenvalue weighted by Crippen LogP contribution is -2.26. The molecule has 0 bridgehead atoms. The average molecular weight is 442 g/mol. The third kappa shape index (κ3) is 4.13. The van der Waals surface area contributed by atoms with Crippen molar-refractivity contribution in [2.75, 3.05) is 24.2 Å². The van der Waals surface area contributed by atoms with Crippen LogP contribution in [-0.4, -0.2) is 38.6 Å². The monoisotopic (exact) mass is 441 g/mol. The first-order valence-electron chi connectivity index (χ1n) is 11.3. The van der Waals surface area contributed by atoms with Gasteiger partial charge >= 0.3 is 0 Å². The molecule has 8 nitrogen and oxygen atoms in total. The lowest BCUT2D eigenvalue weighted by molar-refractivity contribution is 0.0307. The lowest BCUT2D eigenvalue weighted by atomic mass is 9.98. The Bertz CT molecular complexity index is 1250. The number of hydrogen-bond acceptors (Lipinski definition) is 8. The van der Waals surface area contributed by atoms with Crippen molar-refractivity contribution in [3.63, 3.8) is 0 Å². The van der Waals surface area contributed by atoms with Crippen LogP contribution in [0.3, 0.4) is 0 Å². The van der Waals surface area contributed by atoms with Gasteiger partial charge in [-0.3, -0.25) is 0 Å². The summed E-state index contributed by atoms with van der Waals surface area (Å²) in [7, 11) is 2.12. The van der Waals surface area contributed by atoms with Crippen molar-refractivity contribution in [2.45, 2.75) is 44.8 Å². The summed E-state index contributed by atoms with van der Waals surface area (Å²) in [5.41, 5.74) is 4.77. The Balaban J connectivity index is 1.40. The number of aryl methyl sites for hydroxylation is 1. The van der Waals surface area contributed by atoms with Crippen LogP contribution in [-0.2, 0) is 25.0 Å². The number of hydrogen-bond donors (Lipinski definition) is 3. The van der Waals surface area contributed by atoms with Crippen LogP contribution in [0.4, 0.5) is 23.3 Å². The van der Waals surface area contributed by atoms with E-state index in [4.69, 9.17) is 0 Å². The fourth-order valence-electron chi connectivity index (χ4n) is 4.61. The Morgan fingerprint density at radius 3 is 2.79 bits per heavy atom. The highest BCUT2D eigenvalue weighted by molar-refractivity contribution is 5.64. The summed E-state index contributed by atoms with van der Waals surface area (Å²) in [5.74, 6) is 1.31. The number of benzene rings is 1. The second kappa shape index (κ2) is 8.43. The van der Waals surface area contributed by atoms with Gasteiger partial charge < -0.3 is 20.6 Å². The van der Waals surface area contributed by atoms with E-state index in [2.05, 4.69) is 55.7 Å². The van der Waals surface area contributed by atoms with Crippen LogP contribution in [0.1, 0.15) is 47.7 Å². The van der Waals surface area contributed by atoms with Gasteiger partial charge in [-0.2, -0.15) is 10.2 Å². The third-order valence-corrected chi connectivity index (χ3v) is 6.63. The van der Waals surface area contributed by atoms with E-state index in [0.717, 1.165) is 37.2 Å². The molecule has 8 heteroatoms. The molecule has 0 fully saturated rings. The first-order chi connectivity index (χ1) is 16.0. The number of aromatic nitrogens is 3. The van der Waals surface area contributed by atoms with Gasteiger partial charge in [-0.25, -0.2) is 9.97 Å². The van der Waals surface area contributed by atoms with Gasteiger partial charge in [0.1, 0.15) is 23.1 Å². The zero-order chi connectivity index (χ0) is 23.0. The average Bonchev–Trinajstić information content (AvgIpc) is 3.16. The van der Waals surface area contributed by atoms with Gasteiger partial charge in [0, 0.05) is 18.8 Å². The van der Waals surface area contributed by atoms with Crippen LogP contribution < -0.4 is 10.6 Å². The van der Waals surface area contributed by atoms with Gasteiger partial charge in [0.2, 0.25) is 5.95 Å². The predicted octanol–water partition coefficient (Wildman–Crippen LogP) is 3.76. The van der Waals surface area contributed by atoms with E-state index in [1.165, 1.54) is 17.3 Å². The first-order valence-corrected chi connectivity index (χ1v) is 11.3. The number of fused-ring (bicyclic) bond motifs is 2. The summed E-state index contributed by atoms with van der Waals surface area (Å²) < 4.78 is 0. The number of likely N-dealkylation sites (N-methyl/N-ethyl adjacent to an activating group) is 1.